The van der Waals surface area contributed by atoms with E-state index in [2.05, 4.69) is 15.1 Å². The second-order valence-corrected chi connectivity index (χ2v) is 8.08. The van der Waals surface area contributed by atoms with Crippen LogP contribution in [0.4, 0.5) is 0 Å². The Balaban J connectivity index is 1.67. The second kappa shape index (κ2) is 9.47. The van der Waals surface area contributed by atoms with Crippen LogP contribution in [0.2, 0.25) is 5.02 Å². The van der Waals surface area contributed by atoms with E-state index in [1.54, 1.807) is 74.2 Å². The molecule has 0 aliphatic carbocycles. The molecule has 0 unspecified atom stereocenters. The van der Waals surface area contributed by atoms with Crippen LogP contribution in [-0.2, 0) is 13.2 Å². The zero-order chi connectivity index (χ0) is 24.4. The van der Waals surface area contributed by atoms with Crippen LogP contribution in [0, 0.1) is 0 Å². The van der Waals surface area contributed by atoms with Gasteiger partial charge in [0.15, 0.2) is 0 Å². The molecule has 0 aliphatic rings. The molecule has 0 bridgehead atoms. The fraction of sp³-hybridized carbons (Fsp3) is 0.120. The molecule has 0 aliphatic heterocycles. The van der Waals surface area contributed by atoms with E-state index >= 15 is 0 Å². The quantitative estimate of drug-likeness (QED) is 0.375. The summed E-state index contributed by atoms with van der Waals surface area (Å²) in [4.78, 5) is 35.1. The Morgan fingerprint density at radius 2 is 1.86 bits per heavy atom. The Morgan fingerprint density at radius 1 is 1.03 bits per heavy atom. The molecule has 9 nitrogen and oxygen atoms in total. The number of H-pyrrole nitrogens is 1. The first-order valence-corrected chi connectivity index (χ1v) is 11.1. The van der Waals surface area contributed by atoms with Gasteiger partial charge in [0.2, 0.25) is 0 Å². The van der Waals surface area contributed by atoms with Crippen LogP contribution >= 0.6 is 11.6 Å². The maximum Gasteiger partial charge on any atom is 0.281 e. The Hall–Kier alpha value is -4.37. The summed E-state index contributed by atoms with van der Waals surface area (Å²) < 4.78 is 14.1. The number of para-hydroxylation sites is 1. The lowest BCUT2D eigenvalue weighted by Gasteiger charge is -2.14. The van der Waals surface area contributed by atoms with Gasteiger partial charge in [0.1, 0.15) is 18.1 Å². The van der Waals surface area contributed by atoms with E-state index in [9.17, 15) is 9.59 Å². The summed E-state index contributed by atoms with van der Waals surface area (Å²) in [5, 5.41) is 3.72. The zero-order valence-corrected chi connectivity index (χ0v) is 19.4. The van der Waals surface area contributed by atoms with Crippen molar-refractivity contribution >= 4 is 22.5 Å². The maximum absolute atomic E-state index is 13.6. The molecule has 5 rings (SSSR count). The van der Waals surface area contributed by atoms with Crippen molar-refractivity contribution < 1.29 is 9.47 Å². The van der Waals surface area contributed by atoms with E-state index in [-0.39, 0.29) is 24.3 Å². The standard InChI is InChI=1S/C25H20ClN5O4/c1-34-17-5-4-6-18(11-17)35-15-22-24-20(12-23(32)30(22)14-16-13-27-9-10-28-16)29-31(25(24)33)21-8-3-2-7-19(21)26/h2-13,29H,14-15H2,1H3. The first-order valence-electron chi connectivity index (χ1n) is 10.7. The van der Waals surface area contributed by atoms with Crippen LogP contribution in [0.15, 0.2) is 82.8 Å². The van der Waals surface area contributed by atoms with Crippen molar-refractivity contribution in [3.05, 3.63) is 110 Å². The number of nitrogens with zero attached hydrogens (tertiary/aromatic N) is 4. The first kappa shape index (κ1) is 22.4. The fourth-order valence-corrected chi connectivity index (χ4v) is 4.07. The van der Waals surface area contributed by atoms with Crippen LogP contribution in [0.25, 0.3) is 16.6 Å². The number of ether oxygens (including phenoxy) is 2. The van der Waals surface area contributed by atoms with E-state index in [1.165, 1.54) is 15.3 Å². The number of aromatic amines is 1. The van der Waals surface area contributed by atoms with Gasteiger partial charge in [0, 0.05) is 24.5 Å². The van der Waals surface area contributed by atoms with Crippen LogP contribution in [0.1, 0.15) is 11.4 Å². The Bertz CT molecular complexity index is 1630. The summed E-state index contributed by atoms with van der Waals surface area (Å²) in [6.45, 7) is 0.0752. The Labute approximate surface area is 204 Å². The molecule has 0 amide bonds. The summed E-state index contributed by atoms with van der Waals surface area (Å²) in [5.74, 6) is 1.15. The largest absolute Gasteiger partial charge is 0.497 e. The van der Waals surface area contributed by atoms with Gasteiger partial charge in [-0.05, 0) is 24.3 Å². The Kier molecular flexibility index (Phi) is 6.07. The van der Waals surface area contributed by atoms with E-state index in [4.69, 9.17) is 21.1 Å². The minimum atomic E-state index is -0.356. The van der Waals surface area contributed by atoms with Gasteiger partial charge < -0.3 is 14.0 Å². The van der Waals surface area contributed by atoms with E-state index in [0.29, 0.717) is 44.5 Å². The summed E-state index contributed by atoms with van der Waals surface area (Å²) in [7, 11) is 1.56. The molecule has 5 aromatic rings. The molecule has 2 aromatic carbocycles. The van der Waals surface area contributed by atoms with Crippen molar-refractivity contribution in [3.63, 3.8) is 0 Å². The van der Waals surface area contributed by atoms with Crippen LogP contribution in [0.3, 0.4) is 0 Å². The summed E-state index contributed by atoms with van der Waals surface area (Å²) in [6, 6.07) is 15.4. The Morgan fingerprint density at radius 3 is 2.63 bits per heavy atom. The minimum Gasteiger partial charge on any atom is -0.497 e. The first-order chi connectivity index (χ1) is 17.0. The van der Waals surface area contributed by atoms with Crippen molar-refractivity contribution in [3.8, 4) is 17.2 Å². The summed E-state index contributed by atoms with van der Waals surface area (Å²) >= 11 is 6.34. The lowest BCUT2D eigenvalue weighted by atomic mass is 10.2. The van der Waals surface area contributed by atoms with Gasteiger partial charge in [-0.3, -0.25) is 24.7 Å². The van der Waals surface area contributed by atoms with Gasteiger partial charge in [-0.2, -0.15) is 0 Å². The maximum atomic E-state index is 13.6. The number of benzene rings is 2. The highest BCUT2D eigenvalue weighted by Gasteiger charge is 2.20. The molecule has 0 saturated carbocycles. The number of hydrogen-bond acceptors (Lipinski definition) is 6. The molecule has 3 heterocycles. The minimum absolute atomic E-state index is 0.0460. The van der Waals surface area contributed by atoms with Gasteiger partial charge >= 0.3 is 0 Å². The number of rotatable bonds is 7. The SMILES string of the molecule is COc1cccc(OCc2c3c(=O)n(-c4ccccc4Cl)[nH]c3cc(=O)n2Cc2cnccn2)c1. The van der Waals surface area contributed by atoms with E-state index < -0.39 is 0 Å². The molecule has 10 heteroatoms. The smallest absolute Gasteiger partial charge is 0.281 e. The molecule has 0 fully saturated rings. The molecule has 35 heavy (non-hydrogen) atoms. The molecule has 176 valence electrons. The molecular weight excluding hydrogens is 470 g/mol. The number of halogens is 1. The molecule has 0 spiro atoms. The predicted molar refractivity (Wildman–Crippen MR) is 132 cm³/mol. The van der Waals surface area contributed by atoms with Gasteiger partial charge in [-0.15, -0.1) is 0 Å². The monoisotopic (exact) mass is 489 g/mol. The average molecular weight is 490 g/mol. The molecule has 0 saturated heterocycles. The van der Waals surface area contributed by atoms with Crippen molar-refractivity contribution in [2.75, 3.05) is 7.11 Å². The lowest BCUT2D eigenvalue weighted by Crippen LogP contribution is -2.26. The predicted octanol–water partition coefficient (Wildman–Crippen LogP) is 3.56. The van der Waals surface area contributed by atoms with Crippen LogP contribution < -0.4 is 20.6 Å². The highest BCUT2D eigenvalue weighted by Crippen LogP contribution is 2.23. The van der Waals surface area contributed by atoms with Crippen molar-refractivity contribution in [2.45, 2.75) is 13.2 Å². The van der Waals surface area contributed by atoms with Gasteiger partial charge in [0.25, 0.3) is 11.1 Å². The number of aromatic nitrogens is 5. The third-order valence-corrected chi connectivity index (χ3v) is 5.83. The molecule has 1 N–H and O–H groups in total. The van der Waals surface area contributed by atoms with Crippen molar-refractivity contribution in [1.29, 1.82) is 0 Å². The van der Waals surface area contributed by atoms with Crippen LogP contribution in [0.5, 0.6) is 11.5 Å². The normalized spacial score (nSPS) is 11.0. The third-order valence-electron chi connectivity index (χ3n) is 5.51. The van der Waals surface area contributed by atoms with E-state index in [1.807, 2.05) is 0 Å². The molecule has 0 radical (unpaired) electrons. The highest BCUT2D eigenvalue weighted by molar-refractivity contribution is 6.32. The third kappa shape index (κ3) is 4.41. The molecular formula is C25H20ClN5O4. The molecule has 0 atom stereocenters. The number of methoxy groups -OCH3 is 1. The van der Waals surface area contributed by atoms with Gasteiger partial charge in [-0.1, -0.05) is 29.8 Å². The van der Waals surface area contributed by atoms with Gasteiger partial charge in [0.05, 0.1) is 52.9 Å². The average Bonchev–Trinajstić information content (AvgIpc) is 3.20. The zero-order valence-electron chi connectivity index (χ0n) is 18.6. The second-order valence-electron chi connectivity index (χ2n) is 7.67. The van der Waals surface area contributed by atoms with E-state index in [0.717, 1.165) is 0 Å². The van der Waals surface area contributed by atoms with Crippen molar-refractivity contribution in [2.24, 2.45) is 0 Å². The molecule has 3 aromatic heterocycles. The number of fused-ring (bicyclic) bond motifs is 1. The highest BCUT2D eigenvalue weighted by atomic mass is 35.5. The van der Waals surface area contributed by atoms with Crippen molar-refractivity contribution in [1.82, 2.24) is 24.3 Å². The van der Waals surface area contributed by atoms with Gasteiger partial charge in [-0.25, -0.2) is 4.68 Å². The van der Waals surface area contributed by atoms with Crippen LogP contribution in [-0.4, -0.2) is 31.4 Å². The fourth-order valence-electron chi connectivity index (χ4n) is 3.85. The lowest BCUT2D eigenvalue weighted by molar-refractivity contribution is 0.293. The number of nitrogens with one attached hydrogen (secondary N) is 1. The number of pyridine rings is 1. The summed E-state index contributed by atoms with van der Waals surface area (Å²) in [6.07, 6.45) is 4.67. The number of hydrogen-bond donors (Lipinski definition) is 1. The summed E-state index contributed by atoms with van der Waals surface area (Å²) in [5.41, 5.74) is 1.14. The topological polar surface area (TPSA) is 104 Å².